The van der Waals surface area contributed by atoms with Crippen LogP contribution in [0.15, 0.2) is 72.9 Å². The zero-order valence-corrected chi connectivity index (χ0v) is 40.6. The highest BCUT2D eigenvalue weighted by Gasteiger charge is 2.19. The van der Waals surface area contributed by atoms with Crippen molar-refractivity contribution in [3.63, 3.8) is 0 Å². The van der Waals surface area contributed by atoms with Crippen LogP contribution in [0.1, 0.15) is 245 Å². The highest BCUT2D eigenvalue weighted by Crippen LogP contribution is 2.15. The number of allylic oxidation sites excluding steroid dienone is 12. The normalized spacial score (nSPS) is 12.6. The highest BCUT2D eigenvalue weighted by atomic mass is 16.6. The largest absolute Gasteiger partial charge is 0.462 e. The van der Waals surface area contributed by atoms with Gasteiger partial charge in [-0.25, -0.2) is 0 Å². The first-order valence-electron chi connectivity index (χ1n) is 26.0. The summed E-state index contributed by atoms with van der Waals surface area (Å²) >= 11 is 0. The molecule has 0 rings (SSSR count). The summed E-state index contributed by atoms with van der Waals surface area (Å²) in [5.41, 5.74) is 0. The molecular weight excluding hydrogens is 769 g/mol. The standard InChI is InChI=1S/C56H96O6/c1-4-7-10-13-16-19-22-25-26-27-28-29-30-32-34-37-40-43-46-49-55(58)61-52-53(51-60-54(57)48-45-42-39-36-33-24-21-18-15-12-9-6-3)62-56(59)50-47-44-41-38-35-31-23-20-17-14-11-8-5-2/h7-8,10-11,14,16-17,19-20,23,25-26,53H,4-6,9,12-13,15,18,21-22,24,27-52H2,1-3H3/b10-7-,11-8-,17-14-,19-16-,23-20-,26-25-. The predicted octanol–water partition coefficient (Wildman–Crippen LogP) is 17.0. The molecule has 0 fully saturated rings. The summed E-state index contributed by atoms with van der Waals surface area (Å²) in [6.07, 6.45) is 63.1. The Morgan fingerprint density at radius 1 is 0.355 bits per heavy atom. The van der Waals surface area contributed by atoms with E-state index in [0.29, 0.717) is 19.3 Å². The Labute approximate surface area is 382 Å². The number of rotatable bonds is 46. The minimum atomic E-state index is -0.785. The van der Waals surface area contributed by atoms with Gasteiger partial charge in [0.05, 0.1) is 0 Å². The molecule has 6 nitrogen and oxygen atoms in total. The van der Waals surface area contributed by atoms with E-state index in [1.54, 1.807) is 0 Å². The number of esters is 3. The minimum Gasteiger partial charge on any atom is -0.462 e. The van der Waals surface area contributed by atoms with Gasteiger partial charge in [0.2, 0.25) is 0 Å². The van der Waals surface area contributed by atoms with Crippen LogP contribution in [0.2, 0.25) is 0 Å². The smallest absolute Gasteiger partial charge is 0.306 e. The van der Waals surface area contributed by atoms with Crippen molar-refractivity contribution in [1.82, 2.24) is 0 Å². The van der Waals surface area contributed by atoms with Crippen LogP contribution in [0, 0.1) is 0 Å². The van der Waals surface area contributed by atoms with Crippen molar-refractivity contribution in [1.29, 1.82) is 0 Å². The second-order valence-corrected chi connectivity index (χ2v) is 17.1. The monoisotopic (exact) mass is 865 g/mol. The van der Waals surface area contributed by atoms with Crippen LogP contribution in [0.5, 0.6) is 0 Å². The van der Waals surface area contributed by atoms with Crippen LogP contribution in [-0.4, -0.2) is 37.2 Å². The minimum absolute atomic E-state index is 0.0839. The van der Waals surface area contributed by atoms with Crippen molar-refractivity contribution in [2.24, 2.45) is 0 Å². The van der Waals surface area contributed by atoms with Crippen LogP contribution >= 0.6 is 0 Å². The SMILES string of the molecule is CC\C=C/C=C\C=C/CCCCCCCC(=O)OC(COC(=O)CCCCCCCCCCC/C=C\C/C=C\C/C=C\CC)COC(=O)CCCCCCCCCCCCCC. The fraction of sp³-hybridized carbons (Fsp3) is 0.732. The maximum Gasteiger partial charge on any atom is 0.306 e. The third-order valence-electron chi connectivity index (χ3n) is 11.0. The molecule has 0 aliphatic heterocycles. The molecule has 0 aliphatic carbocycles. The van der Waals surface area contributed by atoms with E-state index in [9.17, 15) is 14.4 Å². The van der Waals surface area contributed by atoms with E-state index in [1.165, 1.54) is 103 Å². The molecule has 0 amide bonds. The molecule has 62 heavy (non-hydrogen) atoms. The fourth-order valence-corrected chi connectivity index (χ4v) is 7.16. The molecule has 0 spiro atoms. The second-order valence-electron chi connectivity index (χ2n) is 17.1. The molecule has 0 aliphatic rings. The second kappa shape index (κ2) is 50.5. The maximum atomic E-state index is 12.8. The molecule has 0 heterocycles. The quantitative estimate of drug-likeness (QED) is 0.0199. The summed E-state index contributed by atoms with van der Waals surface area (Å²) in [5, 5.41) is 0. The number of hydrogen-bond donors (Lipinski definition) is 0. The molecule has 0 saturated carbocycles. The van der Waals surface area contributed by atoms with Crippen LogP contribution in [-0.2, 0) is 28.6 Å². The molecule has 0 radical (unpaired) electrons. The number of ether oxygens (including phenoxy) is 3. The van der Waals surface area contributed by atoms with Gasteiger partial charge in [0.15, 0.2) is 6.10 Å². The lowest BCUT2D eigenvalue weighted by molar-refractivity contribution is -0.167. The molecule has 0 saturated heterocycles. The lowest BCUT2D eigenvalue weighted by Crippen LogP contribution is -2.30. The van der Waals surface area contributed by atoms with Crippen LogP contribution in [0.3, 0.4) is 0 Å². The molecule has 1 atom stereocenters. The third kappa shape index (κ3) is 47.9. The molecular formula is C56H96O6. The van der Waals surface area contributed by atoms with E-state index in [4.69, 9.17) is 14.2 Å². The van der Waals surface area contributed by atoms with Gasteiger partial charge >= 0.3 is 17.9 Å². The van der Waals surface area contributed by atoms with E-state index >= 15 is 0 Å². The Balaban J connectivity index is 4.36. The third-order valence-corrected chi connectivity index (χ3v) is 11.0. The lowest BCUT2D eigenvalue weighted by Gasteiger charge is -2.18. The number of hydrogen-bond acceptors (Lipinski definition) is 6. The Morgan fingerprint density at radius 2 is 0.710 bits per heavy atom. The highest BCUT2D eigenvalue weighted by molar-refractivity contribution is 5.71. The fourth-order valence-electron chi connectivity index (χ4n) is 7.16. The number of carbonyl (C=O) groups is 3. The van der Waals surface area contributed by atoms with Gasteiger partial charge in [-0.05, 0) is 70.6 Å². The van der Waals surface area contributed by atoms with Crippen LogP contribution in [0.25, 0.3) is 0 Å². The molecule has 1 unspecified atom stereocenters. The van der Waals surface area contributed by atoms with Gasteiger partial charge in [0.1, 0.15) is 13.2 Å². The number of unbranched alkanes of at least 4 members (excludes halogenated alkanes) is 25. The van der Waals surface area contributed by atoms with Crippen LogP contribution in [0.4, 0.5) is 0 Å². The summed E-state index contributed by atoms with van der Waals surface area (Å²) in [6.45, 7) is 6.38. The van der Waals surface area contributed by atoms with Crippen molar-refractivity contribution in [2.75, 3.05) is 13.2 Å². The zero-order valence-electron chi connectivity index (χ0n) is 40.6. The van der Waals surface area contributed by atoms with Crippen molar-refractivity contribution < 1.29 is 28.6 Å². The summed E-state index contributed by atoms with van der Waals surface area (Å²) in [7, 11) is 0. The first-order chi connectivity index (χ1) is 30.5. The first-order valence-corrected chi connectivity index (χ1v) is 26.0. The molecule has 0 N–H and O–H groups in total. The average Bonchev–Trinajstić information content (AvgIpc) is 3.27. The van der Waals surface area contributed by atoms with Gasteiger partial charge in [-0.15, -0.1) is 0 Å². The summed E-state index contributed by atoms with van der Waals surface area (Å²) in [4.78, 5) is 38.0. The van der Waals surface area contributed by atoms with Crippen molar-refractivity contribution in [2.45, 2.75) is 252 Å². The Morgan fingerprint density at radius 3 is 1.16 bits per heavy atom. The summed E-state index contributed by atoms with van der Waals surface area (Å²) < 4.78 is 16.8. The Kier molecular flexibility index (Phi) is 47.9. The molecule has 6 heteroatoms. The molecule has 0 aromatic heterocycles. The zero-order chi connectivity index (χ0) is 45.1. The molecule has 0 aromatic rings. The van der Waals surface area contributed by atoms with E-state index in [-0.39, 0.29) is 31.1 Å². The summed E-state index contributed by atoms with van der Waals surface area (Å²) in [6, 6.07) is 0. The van der Waals surface area contributed by atoms with Gasteiger partial charge in [-0.1, -0.05) is 229 Å². The first kappa shape index (κ1) is 58.9. The van der Waals surface area contributed by atoms with E-state index in [0.717, 1.165) is 103 Å². The number of carbonyl (C=O) groups excluding carboxylic acids is 3. The Hall–Kier alpha value is -3.15. The van der Waals surface area contributed by atoms with Gasteiger partial charge in [-0.2, -0.15) is 0 Å². The van der Waals surface area contributed by atoms with Gasteiger partial charge in [-0.3, -0.25) is 14.4 Å². The lowest BCUT2D eigenvalue weighted by atomic mass is 10.0. The van der Waals surface area contributed by atoms with Crippen molar-refractivity contribution in [3.8, 4) is 0 Å². The van der Waals surface area contributed by atoms with E-state index in [2.05, 4.69) is 93.7 Å². The average molecular weight is 865 g/mol. The molecule has 0 bridgehead atoms. The van der Waals surface area contributed by atoms with E-state index < -0.39 is 6.10 Å². The maximum absolute atomic E-state index is 12.8. The predicted molar refractivity (Wildman–Crippen MR) is 265 cm³/mol. The molecule has 356 valence electrons. The van der Waals surface area contributed by atoms with Gasteiger partial charge in [0.25, 0.3) is 0 Å². The topological polar surface area (TPSA) is 78.9 Å². The Bertz CT molecular complexity index is 1180. The van der Waals surface area contributed by atoms with Crippen molar-refractivity contribution in [3.05, 3.63) is 72.9 Å². The van der Waals surface area contributed by atoms with Gasteiger partial charge < -0.3 is 14.2 Å². The van der Waals surface area contributed by atoms with Crippen LogP contribution < -0.4 is 0 Å². The van der Waals surface area contributed by atoms with E-state index in [1.807, 2.05) is 0 Å². The molecule has 0 aromatic carbocycles. The summed E-state index contributed by atoms with van der Waals surface area (Å²) in [5.74, 6) is -0.908. The van der Waals surface area contributed by atoms with Gasteiger partial charge in [0, 0.05) is 19.3 Å². The van der Waals surface area contributed by atoms with Crippen molar-refractivity contribution >= 4 is 17.9 Å².